The molecule has 3 rings (SSSR count). The molecule has 2 aromatic carbocycles. The van der Waals surface area contributed by atoms with Crippen molar-refractivity contribution in [3.8, 4) is 0 Å². The summed E-state index contributed by atoms with van der Waals surface area (Å²) in [6.45, 7) is 4.23. The zero-order valence-electron chi connectivity index (χ0n) is 17.1. The van der Waals surface area contributed by atoms with E-state index in [-0.39, 0.29) is 5.69 Å². The Labute approximate surface area is 189 Å². The van der Waals surface area contributed by atoms with E-state index in [4.69, 9.17) is 23.2 Å². The standard InChI is InChI=1S/C22H22Cl2N4O3/c1-3-4-9-25-21(30)22(31)27-28-18-8-6-15(23)10-14(18)11-19(28)20(29)26-16-7-5-13(2)17(24)12-16/h5-8,10-12H,3-4,9H2,1-2H3,(H,25,30)(H,26,29)(H,27,31). The predicted octanol–water partition coefficient (Wildman–Crippen LogP) is 4.50. The van der Waals surface area contributed by atoms with Gasteiger partial charge in [0.1, 0.15) is 5.69 Å². The van der Waals surface area contributed by atoms with E-state index in [1.807, 2.05) is 13.8 Å². The summed E-state index contributed by atoms with van der Waals surface area (Å²) in [6.07, 6.45) is 1.65. The Morgan fingerprint density at radius 3 is 2.48 bits per heavy atom. The molecule has 0 saturated carbocycles. The maximum atomic E-state index is 13.0. The Morgan fingerprint density at radius 2 is 1.77 bits per heavy atom. The molecule has 31 heavy (non-hydrogen) atoms. The van der Waals surface area contributed by atoms with Gasteiger partial charge in [-0.05, 0) is 55.3 Å². The number of carbonyl (C=O) groups excluding carboxylic acids is 3. The van der Waals surface area contributed by atoms with Crippen molar-refractivity contribution >= 4 is 57.5 Å². The van der Waals surface area contributed by atoms with Crippen molar-refractivity contribution in [1.82, 2.24) is 9.99 Å². The van der Waals surface area contributed by atoms with Crippen molar-refractivity contribution in [2.75, 3.05) is 17.3 Å². The second-order valence-corrected chi connectivity index (χ2v) is 7.88. The number of benzene rings is 2. The highest BCUT2D eigenvalue weighted by Gasteiger charge is 2.21. The maximum absolute atomic E-state index is 13.0. The van der Waals surface area contributed by atoms with Gasteiger partial charge in [0.2, 0.25) is 0 Å². The molecule has 162 valence electrons. The van der Waals surface area contributed by atoms with Crippen LogP contribution in [0, 0.1) is 6.92 Å². The molecule has 9 heteroatoms. The second-order valence-electron chi connectivity index (χ2n) is 7.04. The van der Waals surface area contributed by atoms with Crippen LogP contribution in [0.25, 0.3) is 10.9 Å². The van der Waals surface area contributed by atoms with Gasteiger partial charge in [-0.2, -0.15) is 0 Å². The molecular formula is C22H22Cl2N4O3. The van der Waals surface area contributed by atoms with Crippen LogP contribution in [0.15, 0.2) is 42.5 Å². The molecule has 1 aromatic heterocycles. The predicted molar refractivity (Wildman–Crippen MR) is 123 cm³/mol. The lowest BCUT2D eigenvalue weighted by molar-refractivity contribution is -0.136. The first kappa shape index (κ1) is 22.7. The topological polar surface area (TPSA) is 92.2 Å². The number of nitrogens with one attached hydrogen (secondary N) is 3. The van der Waals surface area contributed by atoms with Crippen LogP contribution < -0.4 is 16.1 Å². The highest BCUT2D eigenvalue weighted by Crippen LogP contribution is 2.25. The summed E-state index contributed by atoms with van der Waals surface area (Å²) < 4.78 is 1.28. The fourth-order valence-electron chi connectivity index (χ4n) is 2.95. The fourth-order valence-corrected chi connectivity index (χ4v) is 3.31. The van der Waals surface area contributed by atoms with Crippen molar-refractivity contribution < 1.29 is 14.4 Å². The Morgan fingerprint density at radius 1 is 1.00 bits per heavy atom. The molecule has 7 nitrogen and oxygen atoms in total. The number of aromatic nitrogens is 1. The van der Waals surface area contributed by atoms with Gasteiger partial charge in [0, 0.05) is 27.7 Å². The number of aryl methyl sites for hydroxylation is 1. The molecule has 0 fully saturated rings. The highest BCUT2D eigenvalue weighted by molar-refractivity contribution is 6.38. The zero-order valence-corrected chi connectivity index (χ0v) is 18.6. The van der Waals surface area contributed by atoms with Gasteiger partial charge in [-0.1, -0.05) is 42.6 Å². The number of rotatable bonds is 6. The molecule has 0 radical (unpaired) electrons. The number of anilines is 1. The monoisotopic (exact) mass is 460 g/mol. The third-order valence-electron chi connectivity index (χ3n) is 4.66. The molecule has 0 aliphatic heterocycles. The minimum Gasteiger partial charge on any atom is -0.348 e. The summed E-state index contributed by atoms with van der Waals surface area (Å²) in [5.41, 5.74) is 4.53. The summed E-state index contributed by atoms with van der Waals surface area (Å²) in [4.78, 5) is 37.5. The molecule has 0 aliphatic carbocycles. The lowest BCUT2D eigenvalue weighted by Gasteiger charge is -2.13. The molecule has 0 bridgehead atoms. The summed E-state index contributed by atoms with van der Waals surface area (Å²) in [5, 5.41) is 6.93. The quantitative estimate of drug-likeness (QED) is 0.373. The van der Waals surface area contributed by atoms with Gasteiger partial charge < -0.3 is 10.6 Å². The van der Waals surface area contributed by atoms with E-state index in [0.717, 1.165) is 18.4 Å². The van der Waals surface area contributed by atoms with E-state index in [2.05, 4.69) is 16.1 Å². The molecular weight excluding hydrogens is 439 g/mol. The van der Waals surface area contributed by atoms with Gasteiger partial charge >= 0.3 is 11.8 Å². The van der Waals surface area contributed by atoms with Crippen molar-refractivity contribution in [2.45, 2.75) is 26.7 Å². The Balaban J connectivity index is 1.91. The number of amides is 3. The zero-order chi connectivity index (χ0) is 22.5. The minimum atomic E-state index is -0.879. The summed E-state index contributed by atoms with van der Waals surface area (Å²) in [5.74, 6) is -2.14. The number of nitrogens with zero attached hydrogens (tertiary/aromatic N) is 1. The van der Waals surface area contributed by atoms with Crippen LogP contribution in [0.1, 0.15) is 35.8 Å². The summed E-state index contributed by atoms with van der Waals surface area (Å²) in [6, 6.07) is 11.7. The number of unbranched alkanes of at least 4 members (excludes halogenated alkanes) is 1. The largest absolute Gasteiger partial charge is 0.348 e. The minimum absolute atomic E-state index is 0.128. The van der Waals surface area contributed by atoms with Crippen molar-refractivity contribution in [3.63, 3.8) is 0 Å². The van der Waals surface area contributed by atoms with Crippen molar-refractivity contribution in [2.24, 2.45) is 0 Å². The average molecular weight is 461 g/mol. The van der Waals surface area contributed by atoms with Crippen LogP contribution in [0.3, 0.4) is 0 Å². The van der Waals surface area contributed by atoms with Gasteiger partial charge in [-0.15, -0.1) is 0 Å². The first-order chi connectivity index (χ1) is 14.8. The lowest BCUT2D eigenvalue weighted by atomic mass is 10.2. The van der Waals surface area contributed by atoms with Gasteiger partial charge in [0.05, 0.1) is 5.52 Å². The van der Waals surface area contributed by atoms with E-state index in [1.165, 1.54) is 4.68 Å². The summed E-state index contributed by atoms with van der Waals surface area (Å²) >= 11 is 12.2. The third-order valence-corrected chi connectivity index (χ3v) is 5.30. The fraction of sp³-hybridized carbons (Fsp3) is 0.227. The van der Waals surface area contributed by atoms with Gasteiger partial charge in [0.25, 0.3) is 5.91 Å². The molecule has 0 unspecified atom stereocenters. The molecule has 1 heterocycles. The number of halogens is 2. The Kier molecular flexibility index (Phi) is 7.20. The van der Waals surface area contributed by atoms with E-state index in [9.17, 15) is 14.4 Å². The van der Waals surface area contributed by atoms with Gasteiger partial charge in [-0.25, -0.2) is 4.68 Å². The van der Waals surface area contributed by atoms with Crippen LogP contribution in [0.4, 0.5) is 5.69 Å². The number of hydrogen-bond acceptors (Lipinski definition) is 3. The number of hydrogen-bond donors (Lipinski definition) is 3. The second kappa shape index (κ2) is 9.85. The Hall–Kier alpha value is -3.03. The average Bonchev–Trinajstić information content (AvgIpc) is 3.08. The molecule has 3 N–H and O–H groups in total. The van der Waals surface area contributed by atoms with Gasteiger partial charge in [-0.3, -0.25) is 19.8 Å². The molecule has 0 atom stereocenters. The SMILES string of the molecule is CCCCNC(=O)C(=O)Nn1c(C(=O)Nc2ccc(C)c(Cl)c2)cc2cc(Cl)ccc21. The lowest BCUT2D eigenvalue weighted by Crippen LogP contribution is -2.40. The number of carbonyl (C=O) groups is 3. The van der Waals surface area contributed by atoms with Crippen LogP contribution >= 0.6 is 23.2 Å². The van der Waals surface area contributed by atoms with E-state index in [1.54, 1.807) is 42.5 Å². The van der Waals surface area contributed by atoms with E-state index in [0.29, 0.717) is 33.2 Å². The normalized spacial score (nSPS) is 10.7. The molecule has 3 aromatic rings. The van der Waals surface area contributed by atoms with Crippen LogP contribution in [0.5, 0.6) is 0 Å². The first-order valence-electron chi connectivity index (χ1n) is 9.78. The summed E-state index contributed by atoms with van der Waals surface area (Å²) in [7, 11) is 0. The maximum Gasteiger partial charge on any atom is 0.328 e. The molecule has 0 aliphatic rings. The first-order valence-corrected chi connectivity index (χ1v) is 10.5. The van der Waals surface area contributed by atoms with Gasteiger partial charge in [0.15, 0.2) is 0 Å². The highest BCUT2D eigenvalue weighted by atomic mass is 35.5. The van der Waals surface area contributed by atoms with Crippen molar-refractivity contribution in [1.29, 1.82) is 0 Å². The molecule has 3 amide bonds. The Bertz CT molecular complexity index is 1160. The van der Waals surface area contributed by atoms with Crippen LogP contribution in [-0.4, -0.2) is 28.9 Å². The van der Waals surface area contributed by atoms with Crippen LogP contribution in [-0.2, 0) is 9.59 Å². The smallest absolute Gasteiger partial charge is 0.328 e. The number of fused-ring (bicyclic) bond motifs is 1. The molecule has 0 saturated heterocycles. The van der Waals surface area contributed by atoms with Crippen molar-refractivity contribution in [3.05, 3.63) is 63.8 Å². The molecule has 0 spiro atoms. The van der Waals surface area contributed by atoms with Crippen LogP contribution in [0.2, 0.25) is 10.0 Å². The van der Waals surface area contributed by atoms with E-state index < -0.39 is 17.7 Å². The van der Waals surface area contributed by atoms with E-state index >= 15 is 0 Å². The third kappa shape index (κ3) is 5.37.